The largest absolute Gasteiger partial charge is 0.422 e. The summed E-state index contributed by atoms with van der Waals surface area (Å²) in [5.41, 5.74) is 2.76. The van der Waals surface area contributed by atoms with Gasteiger partial charge in [-0.15, -0.1) is 0 Å². The molecule has 4 nitrogen and oxygen atoms in total. The highest BCUT2D eigenvalue weighted by Crippen LogP contribution is 2.26. The van der Waals surface area contributed by atoms with E-state index in [-0.39, 0.29) is 11.5 Å². The summed E-state index contributed by atoms with van der Waals surface area (Å²) in [7, 11) is 0. The molecule has 0 aliphatic carbocycles. The fourth-order valence-corrected chi connectivity index (χ4v) is 2.44. The van der Waals surface area contributed by atoms with Gasteiger partial charge in [0.25, 0.3) is 0 Å². The van der Waals surface area contributed by atoms with Crippen LogP contribution < -0.4 is 10.1 Å². The van der Waals surface area contributed by atoms with Crippen molar-refractivity contribution in [3.05, 3.63) is 58.4 Å². The third-order valence-corrected chi connectivity index (χ3v) is 3.31. The number of amides is 1. The normalized spacial score (nSPS) is 10.3. The van der Waals surface area contributed by atoms with Gasteiger partial charge in [0, 0.05) is 12.6 Å². The maximum Gasteiger partial charge on any atom is 0.346 e. The highest BCUT2D eigenvalue weighted by atomic mass is 19.1. The lowest BCUT2D eigenvalue weighted by molar-refractivity contribution is -0.114. The van der Waals surface area contributed by atoms with Gasteiger partial charge in [-0.05, 0) is 50.1 Å². The number of carbonyl (C=O) groups is 2. The molecule has 2 aromatic carbocycles. The maximum atomic E-state index is 13.9. The summed E-state index contributed by atoms with van der Waals surface area (Å²) in [4.78, 5) is 23.4. The van der Waals surface area contributed by atoms with E-state index in [1.807, 2.05) is 32.9 Å². The van der Waals surface area contributed by atoms with Crippen LogP contribution in [0.3, 0.4) is 0 Å². The summed E-state index contributed by atoms with van der Waals surface area (Å²) >= 11 is 0. The lowest BCUT2D eigenvalue weighted by Gasteiger charge is -2.12. The van der Waals surface area contributed by atoms with E-state index in [2.05, 4.69) is 5.32 Å². The maximum absolute atomic E-state index is 13.9. The van der Waals surface area contributed by atoms with E-state index >= 15 is 0 Å². The van der Waals surface area contributed by atoms with Crippen molar-refractivity contribution in [1.29, 1.82) is 0 Å². The first kappa shape index (κ1) is 16.7. The Labute approximate surface area is 134 Å². The minimum atomic E-state index is -0.801. The van der Waals surface area contributed by atoms with Gasteiger partial charge in [0.15, 0.2) is 0 Å². The summed E-state index contributed by atoms with van der Waals surface area (Å²) in [6, 6.07) is 7.55. The highest BCUT2D eigenvalue weighted by molar-refractivity contribution is 5.95. The third kappa shape index (κ3) is 3.94. The molecule has 1 amide bonds. The molecular weight excluding hydrogens is 297 g/mol. The number of esters is 1. The smallest absolute Gasteiger partial charge is 0.346 e. The van der Waals surface area contributed by atoms with Gasteiger partial charge in [0.2, 0.25) is 5.91 Å². The van der Waals surface area contributed by atoms with Crippen molar-refractivity contribution < 1.29 is 18.7 Å². The number of hydrogen-bond donors (Lipinski definition) is 1. The molecule has 2 aromatic rings. The molecule has 0 aromatic heterocycles. The summed E-state index contributed by atoms with van der Waals surface area (Å²) < 4.78 is 19.3. The zero-order chi connectivity index (χ0) is 17.1. The Kier molecular flexibility index (Phi) is 4.79. The second kappa shape index (κ2) is 6.60. The standard InChI is InChI=1S/C18H18FNO3/c1-10-7-11(2)17(12(3)8-10)23-18(22)15-9-14(20-13(4)21)5-6-16(15)19/h5-9H,1-4H3,(H,20,21). The molecule has 0 aliphatic rings. The van der Waals surface area contributed by atoms with Crippen LogP contribution in [0, 0.1) is 26.6 Å². The van der Waals surface area contributed by atoms with Gasteiger partial charge in [-0.2, -0.15) is 0 Å². The second-order valence-corrected chi connectivity index (χ2v) is 5.49. The molecule has 5 heteroatoms. The Morgan fingerprint density at radius 2 is 1.65 bits per heavy atom. The lowest BCUT2D eigenvalue weighted by Crippen LogP contribution is -2.14. The van der Waals surface area contributed by atoms with Crippen LogP contribution in [0.15, 0.2) is 30.3 Å². The van der Waals surface area contributed by atoms with Gasteiger partial charge in [-0.1, -0.05) is 17.7 Å². The predicted octanol–water partition coefficient (Wildman–Crippen LogP) is 3.93. The SMILES string of the molecule is CC(=O)Nc1ccc(F)c(C(=O)Oc2c(C)cc(C)cc2C)c1. The fourth-order valence-electron chi connectivity index (χ4n) is 2.44. The summed E-state index contributed by atoms with van der Waals surface area (Å²) in [5, 5.41) is 2.51. The first-order valence-corrected chi connectivity index (χ1v) is 7.15. The lowest BCUT2D eigenvalue weighted by atomic mass is 10.1. The van der Waals surface area contributed by atoms with Gasteiger partial charge in [0.05, 0.1) is 5.56 Å². The molecule has 0 fully saturated rings. The number of aryl methyl sites for hydroxylation is 3. The van der Waals surface area contributed by atoms with Gasteiger partial charge >= 0.3 is 5.97 Å². The van der Waals surface area contributed by atoms with Crippen LogP contribution in [-0.2, 0) is 4.79 Å². The number of rotatable bonds is 3. The molecule has 23 heavy (non-hydrogen) atoms. The molecule has 0 bridgehead atoms. The quantitative estimate of drug-likeness (QED) is 0.690. The molecule has 0 unspecified atom stereocenters. The Bertz CT molecular complexity index is 761. The van der Waals surface area contributed by atoms with E-state index < -0.39 is 11.8 Å². The number of halogens is 1. The summed E-state index contributed by atoms with van der Waals surface area (Å²) in [6.45, 7) is 6.93. The average Bonchev–Trinajstić information content (AvgIpc) is 2.44. The molecule has 0 radical (unpaired) electrons. The Morgan fingerprint density at radius 1 is 1.04 bits per heavy atom. The molecule has 0 saturated heterocycles. The number of hydrogen-bond acceptors (Lipinski definition) is 3. The zero-order valence-electron chi connectivity index (χ0n) is 13.5. The van der Waals surface area contributed by atoms with Crippen molar-refractivity contribution in [2.45, 2.75) is 27.7 Å². The molecule has 0 spiro atoms. The fraction of sp³-hybridized carbons (Fsp3) is 0.222. The Morgan fingerprint density at radius 3 is 2.22 bits per heavy atom. The van der Waals surface area contributed by atoms with Crippen molar-refractivity contribution in [1.82, 2.24) is 0 Å². The minimum absolute atomic E-state index is 0.226. The zero-order valence-corrected chi connectivity index (χ0v) is 13.5. The highest BCUT2D eigenvalue weighted by Gasteiger charge is 2.17. The van der Waals surface area contributed by atoms with Crippen LogP contribution in [0.1, 0.15) is 34.0 Å². The molecule has 120 valence electrons. The molecule has 0 heterocycles. The van der Waals surface area contributed by atoms with Gasteiger partial charge in [0.1, 0.15) is 11.6 Å². The van der Waals surface area contributed by atoms with Crippen molar-refractivity contribution in [2.24, 2.45) is 0 Å². The number of carbonyl (C=O) groups excluding carboxylic acids is 2. The number of anilines is 1. The van der Waals surface area contributed by atoms with Gasteiger partial charge in [-0.3, -0.25) is 4.79 Å². The van der Waals surface area contributed by atoms with Crippen LogP contribution in [0.4, 0.5) is 10.1 Å². The van der Waals surface area contributed by atoms with Crippen molar-refractivity contribution >= 4 is 17.6 Å². The average molecular weight is 315 g/mol. The third-order valence-electron chi connectivity index (χ3n) is 3.31. The van der Waals surface area contributed by atoms with Crippen LogP contribution >= 0.6 is 0 Å². The van der Waals surface area contributed by atoms with E-state index in [4.69, 9.17) is 4.74 Å². The van der Waals surface area contributed by atoms with Crippen LogP contribution in [-0.4, -0.2) is 11.9 Å². The molecular formula is C18H18FNO3. The summed E-state index contributed by atoms with van der Waals surface area (Å²) in [5.74, 6) is -1.39. The van der Waals surface area contributed by atoms with Gasteiger partial charge < -0.3 is 10.1 Å². The van der Waals surface area contributed by atoms with Crippen LogP contribution in [0.25, 0.3) is 0 Å². The monoisotopic (exact) mass is 315 g/mol. The minimum Gasteiger partial charge on any atom is -0.422 e. The van der Waals surface area contributed by atoms with Crippen molar-refractivity contribution in [3.8, 4) is 5.75 Å². The Hall–Kier alpha value is -2.69. The van der Waals surface area contributed by atoms with E-state index in [0.717, 1.165) is 22.8 Å². The molecule has 0 saturated carbocycles. The van der Waals surface area contributed by atoms with Crippen LogP contribution in [0.5, 0.6) is 5.75 Å². The molecule has 1 N–H and O–H groups in total. The van der Waals surface area contributed by atoms with Crippen molar-refractivity contribution in [3.63, 3.8) is 0 Å². The molecule has 0 atom stereocenters. The van der Waals surface area contributed by atoms with Gasteiger partial charge in [-0.25, -0.2) is 9.18 Å². The van der Waals surface area contributed by atoms with Crippen molar-refractivity contribution in [2.75, 3.05) is 5.32 Å². The molecule has 2 rings (SSSR count). The number of benzene rings is 2. The molecule has 0 aliphatic heterocycles. The number of nitrogens with one attached hydrogen (secondary N) is 1. The summed E-state index contributed by atoms with van der Waals surface area (Å²) in [6.07, 6.45) is 0. The first-order chi connectivity index (χ1) is 10.8. The predicted molar refractivity (Wildman–Crippen MR) is 86.3 cm³/mol. The topological polar surface area (TPSA) is 55.4 Å². The van der Waals surface area contributed by atoms with Crippen LogP contribution in [0.2, 0.25) is 0 Å². The van der Waals surface area contributed by atoms with E-state index in [1.54, 1.807) is 0 Å². The van der Waals surface area contributed by atoms with E-state index in [1.165, 1.54) is 19.1 Å². The van der Waals surface area contributed by atoms with E-state index in [0.29, 0.717) is 11.4 Å². The van der Waals surface area contributed by atoms with E-state index in [9.17, 15) is 14.0 Å². The first-order valence-electron chi connectivity index (χ1n) is 7.15. The second-order valence-electron chi connectivity index (χ2n) is 5.49. The Balaban J connectivity index is 2.33. The number of ether oxygens (including phenoxy) is 1.